The summed E-state index contributed by atoms with van der Waals surface area (Å²) in [7, 11) is 0. The summed E-state index contributed by atoms with van der Waals surface area (Å²) < 4.78 is 0. The summed E-state index contributed by atoms with van der Waals surface area (Å²) in [6.45, 7) is 1.68. The number of nitro groups is 2. The van der Waals surface area contributed by atoms with Crippen molar-refractivity contribution in [1.82, 2.24) is 0 Å². The van der Waals surface area contributed by atoms with E-state index in [4.69, 9.17) is 0 Å². The SMILES string of the molecule is CC(/C=C/C=O)=C\Nc1ccc([N+](=O)[O-])cc1[N+](=O)[O-]. The van der Waals surface area contributed by atoms with Crippen LogP contribution in [0.15, 0.2) is 42.1 Å². The van der Waals surface area contributed by atoms with Crippen LogP contribution in [0.5, 0.6) is 0 Å². The minimum Gasteiger partial charge on any atom is -0.356 e. The zero-order chi connectivity index (χ0) is 15.1. The lowest BCUT2D eigenvalue weighted by Gasteiger charge is -2.03. The van der Waals surface area contributed by atoms with E-state index in [0.717, 1.165) is 6.07 Å². The Labute approximate surface area is 113 Å². The Bertz CT molecular complexity index is 607. The first-order chi connectivity index (χ1) is 9.45. The maximum Gasteiger partial charge on any atom is 0.299 e. The standard InChI is InChI=1S/C12H11N3O5/c1-9(3-2-6-16)8-13-11-5-4-10(14(17)18)7-12(11)15(19)20/h2-8,13H,1H3/b3-2+,9-8+. The van der Waals surface area contributed by atoms with Crippen LogP contribution in [0.4, 0.5) is 17.1 Å². The highest BCUT2D eigenvalue weighted by Crippen LogP contribution is 2.29. The number of nitrogens with zero attached hydrogens (tertiary/aromatic N) is 2. The average molecular weight is 277 g/mol. The maximum atomic E-state index is 10.9. The van der Waals surface area contributed by atoms with Gasteiger partial charge in [0, 0.05) is 12.3 Å². The number of nitrogens with one attached hydrogen (secondary N) is 1. The summed E-state index contributed by atoms with van der Waals surface area (Å²) in [5.74, 6) is 0. The smallest absolute Gasteiger partial charge is 0.299 e. The van der Waals surface area contributed by atoms with Gasteiger partial charge in [0.05, 0.1) is 15.9 Å². The molecule has 1 N–H and O–H groups in total. The predicted molar refractivity (Wildman–Crippen MR) is 72.3 cm³/mol. The fraction of sp³-hybridized carbons (Fsp3) is 0.0833. The molecule has 0 amide bonds. The third kappa shape index (κ3) is 4.02. The van der Waals surface area contributed by atoms with Crippen molar-refractivity contribution in [2.75, 3.05) is 5.32 Å². The van der Waals surface area contributed by atoms with E-state index >= 15 is 0 Å². The Hall–Kier alpha value is -3.03. The predicted octanol–water partition coefficient (Wildman–Crippen LogP) is 2.57. The van der Waals surface area contributed by atoms with Gasteiger partial charge in [0.1, 0.15) is 12.0 Å². The van der Waals surface area contributed by atoms with Crippen LogP contribution in [-0.4, -0.2) is 16.1 Å². The number of non-ortho nitro benzene ring substituents is 1. The largest absolute Gasteiger partial charge is 0.356 e. The van der Waals surface area contributed by atoms with Crippen molar-refractivity contribution in [3.8, 4) is 0 Å². The van der Waals surface area contributed by atoms with Gasteiger partial charge in [0.25, 0.3) is 11.4 Å². The molecule has 0 bridgehead atoms. The van der Waals surface area contributed by atoms with Crippen molar-refractivity contribution in [2.45, 2.75) is 6.92 Å². The molecular formula is C12H11N3O5. The van der Waals surface area contributed by atoms with Crippen LogP contribution in [0.25, 0.3) is 0 Å². The fourth-order valence-electron chi connectivity index (χ4n) is 1.34. The molecule has 0 saturated heterocycles. The molecule has 104 valence electrons. The van der Waals surface area contributed by atoms with Gasteiger partial charge in [-0.1, -0.05) is 6.08 Å². The van der Waals surface area contributed by atoms with Gasteiger partial charge in [-0.05, 0) is 24.6 Å². The molecule has 1 aromatic carbocycles. The van der Waals surface area contributed by atoms with Crippen LogP contribution < -0.4 is 5.32 Å². The van der Waals surface area contributed by atoms with Crippen LogP contribution in [0.3, 0.4) is 0 Å². The number of hydrogen-bond donors (Lipinski definition) is 1. The van der Waals surface area contributed by atoms with Crippen molar-refractivity contribution >= 4 is 23.3 Å². The Balaban J connectivity index is 3.06. The van der Waals surface area contributed by atoms with Crippen LogP contribution in [0.1, 0.15) is 6.92 Å². The Morgan fingerprint density at radius 1 is 1.25 bits per heavy atom. The minimum absolute atomic E-state index is 0.124. The highest BCUT2D eigenvalue weighted by Gasteiger charge is 2.18. The highest BCUT2D eigenvalue weighted by atomic mass is 16.6. The zero-order valence-corrected chi connectivity index (χ0v) is 10.5. The number of hydrogen-bond acceptors (Lipinski definition) is 6. The van der Waals surface area contributed by atoms with Gasteiger partial charge >= 0.3 is 0 Å². The van der Waals surface area contributed by atoms with Crippen molar-refractivity contribution in [1.29, 1.82) is 0 Å². The lowest BCUT2D eigenvalue weighted by Crippen LogP contribution is -1.98. The first-order valence-corrected chi connectivity index (χ1v) is 5.43. The Morgan fingerprint density at radius 3 is 2.50 bits per heavy atom. The molecule has 0 aliphatic carbocycles. The summed E-state index contributed by atoms with van der Waals surface area (Å²) in [5.41, 5.74) is 0.0237. The molecule has 1 rings (SSSR count). The molecule has 0 aromatic heterocycles. The van der Waals surface area contributed by atoms with E-state index < -0.39 is 15.5 Å². The molecule has 0 radical (unpaired) electrons. The van der Waals surface area contributed by atoms with Gasteiger partial charge in [-0.2, -0.15) is 0 Å². The molecule has 20 heavy (non-hydrogen) atoms. The fourth-order valence-corrected chi connectivity index (χ4v) is 1.34. The third-order valence-corrected chi connectivity index (χ3v) is 2.28. The number of nitro benzene ring substituents is 2. The lowest BCUT2D eigenvalue weighted by atomic mass is 10.2. The highest BCUT2D eigenvalue weighted by molar-refractivity contribution is 5.67. The maximum absolute atomic E-state index is 10.9. The zero-order valence-electron chi connectivity index (χ0n) is 10.5. The third-order valence-electron chi connectivity index (χ3n) is 2.28. The normalized spacial score (nSPS) is 11.3. The summed E-state index contributed by atoms with van der Waals surface area (Å²) in [6.07, 6.45) is 4.84. The van der Waals surface area contributed by atoms with Crippen molar-refractivity contribution in [3.63, 3.8) is 0 Å². The second kappa shape index (κ2) is 6.78. The summed E-state index contributed by atoms with van der Waals surface area (Å²) in [4.78, 5) is 30.2. The van der Waals surface area contributed by atoms with Gasteiger partial charge in [-0.15, -0.1) is 0 Å². The molecule has 8 heteroatoms. The molecule has 8 nitrogen and oxygen atoms in total. The number of rotatable bonds is 6. The Morgan fingerprint density at radius 2 is 1.95 bits per heavy atom. The molecule has 0 unspecified atom stereocenters. The molecule has 0 fully saturated rings. The number of benzene rings is 1. The number of carbonyl (C=O) groups is 1. The van der Waals surface area contributed by atoms with Crippen LogP contribution >= 0.6 is 0 Å². The second-order valence-electron chi connectivity index (χ2n) is 3.74. The van der Waals surface area contributed by atoms with E-state index in [-0.39, 0.29) is 11.4 Å². The number of anilines is 1. The molecule has 0 aliphatic rings. The van der Waals surface area contributed by atoms with Crippen molar-refractivity contribution in [2.24, 2.45) is 0 Å². The average Bonchev–Trinajstić information content (AvgIpc) is 2.42. The van der Waals surface area contributed by atoms with Crippen molar-refractivity contribution < 1.29 is 14.6 Å². The molecule has 0 heterocycles. The summed E-state index contributed by atoms with van der Waals surface area (Å²) >= 11 is 0. The first kappa shape index (κ1) is 15.0. The van der Waals surface area contributed by atoms with Gasteiger partial charge in [-0.3, -0.25) is 25.0 Å². The van der Waals surface area contributed by atoms with E-state index in [0.29, 0.717) is 11.9 Å². The summed E-state index contributed by atoms with van der Waals surface area (Å²) in [6, 6.07) is 3.30. The molecule has 1 aromatic rings. The molecule has 0 aliphatic heterocycles. The Kier molecular flexibility index (Phi) is 5.10. The number of carbonyl (C=O) groups excluding carboxylic acids is 1. The topological polar surface area (TPSA) is 115 Å². The number of allylic oxidation sites excluding steroid dienone is 3. The van der Waals surface area contributed by atoms with Gasteiger partial charge in [-0.25, -0.2) is 0 Å². The monoisotopic (exact) mass is 277 g/mol. The minimum atomic E-state index is -0.709. The van der Waals surface area contributed by atoms with Crippen molar-refractivity contribution in [3.05, 3.63) is 62.4 Å². The molecule has 0 atom stereocenters. The van der Waals surface area contributed by atoms with E-state index in [2.05, 4.69) is 5.32 Å². The van der Waals surface area contributed by atoms with Crippen LogP contribution in [0.2, 0.25) is 0 Å². The van der Waals surface area contributed by atoms with Gasteiger partial charge < -0.3 is 5.32 Å². The molecule has 0 spiro atoms. The van der Waals surface area contributed by atoms with E-state index in [9.17, 15) is 25.0 Å². The quantitative estimate of drug-likeness (QED) is 0.281. The van der Waals surface area contributed by atoms with Gasteiger partial charge in [0.15, 0.2) is 0 Å². The van der Waals surface area contributed by atoms with E-state index in [1.165, 1.54) is 30.5 Å². The van der Waals surface area contributed by atoms with Gasteiger partial charge in [0.2, 0.25) is 0 Å². The first-order valence-electron chi connectivity index (χ1n) is 5.43. The number of aldehydes is 1. The van der Waals surface area contributed by atoms with E-state index in [1.54, 1.807) is 6.92 Å². The summed E-state index contributed by atoms with van der Waals surface area (Å²) in [5, 5.41) is 24.1. The molecule has 0 saturated carbocycles. The van der Waals surface area contributed by atoms with Crippen LogP contribution in [0, 0.1) is 20.2 Å². The van der Waals surface area contributed by atoms with E-state index in [1.807, 2.05) is 0 Å². The second-order valence-corrected chi connectivity index (χ2v) is 3.74. The molecular weight excluding hydrogens is 266 g/mol. The van der Waals surface area contributed by atoms with Crippen LogP contribution in [-0.2, 0) is 4.79 Å². The lowest BCUT2D eigenvalue weighted by molar-refractivity contribution is -0.393.